The van der Waals surface area contributed by atoms with Crippen LogP contribution in [0.2, 0.25) is 0 Å². The number of rotatable bonds is 3. The van der Waals surface area contributed by atoms with Gasteiger partial charge in [-0.3, -0.25) is 4.79 Å². The van der Waals surface area contributed by atoms with E-state index in [0.717, 1.165) is 59.9 Å². The van der Waals surface area contributed by atoms with Crippen LogP contribution in [0.25, 0.3) is 10.2 Å². The van der Waals surface area contributed by atoms with Crippen LogP contribution in [0.3, 0.4) is 0 Å². The lowest BCUT2D eigenvalue weighted by Crippen LogP contribution is -2.49. The molecule has 4 aliphatic heterocycles. The molecule has 2 bridgehead atoms. The number of pyridine rings is 1. The van der Waals surface area contributed by atoms with E-state index in [4.69, 9.17) is 15.2 Å². The van der Waals surface area contributed by atoms with E-state index in [0.29, 0.717) is 23.2 Å². The number of fused-ring (bicyclic) bond motifs is 6. The Morgan fingerprint density at radius 1 is 1.27 bits per heavy atom. The quantitative estimate of drug-likeness (QED) is 0.544. The lowest BCUT2D eigenvalue weighted by atomic mass is 10.0. The number of morpholine rings is 1. The van der Waals surface area contributed by atoms with Crippen molar-refractivity contribution in [2.24, 2.45) is 0 Å². The zero-order valence-electron chi connectivity index (χ0n) is 18.5. The van der Waals surface area contributed by atoms with Gasteiger partial charge in [-0.2, -0.15) is 0 Å². The molecule has 4 N–H and O–H groups in total. The Morgan fingerprint density at radius 2 is 2.18 bits per heavy atom. The molecule has 8 nitrogen and oxygen atoms in total. The number of anilines is 2. The van der Waals surface area contributed by atoms with Crippen molar-refractivity contribution in [3.05, 3.63) is 46.5 Å². The molecule has 7 rings (SSSR count). The fourth-order valence-electron chi connectivity index (χ4n) is 4.92. The van der Waals surface area contributed by atoms with Crippen molar-refractivity contribution in [1.29, 1.82) is 0 Å². The Hall–Kier alpha value is -2.88. The Balaban J connectivity index is 1.17. The van der Waals surface area contributed by atoms with Gasteiger partial charge in [-0.05, 0) is 37.1 Å². The van der Waals surface area contributed by atoms with Crippen LogP contribution < -0.4 is 26.0 Å². The highest BCUT2D eigenvalue weighted by atomic mass is 32.1. The summed E-state index contributed by atoms with van der Waals surface area (Å²) >= 11 is 1.34. The van der Waals surface area contributed by atoms with Gasteiger partial charge in [0.15, 0.2) is 0 Å². The van der Waals surface area contributed by atoms with E-state index >= 15 is 0 Å². The van der Waals surface area contributed by atoms with Gasteiger partial charge in [-0.1, -0.05) is 6.07 Å². The number of aryl methyl sites for hydroxylation is 1. The van der Waals surface area contributed by atoms with Gasteiger partial charge in [-0.15, -0.1) is 11.3 Å². The summed E-state index contributed by atoms with van der Waals surface area (Å²) in [5.74, 6) is 0.725. The maximum absolute atomic E-state index is 13.0. The molecule has 3 atom stereocenters. The molecule has 0 spiro atoms. The second-order valence-electron chi connectivity index (χ2n) is 9.05. The number of amides is 1. The van der Waals surface area contributed by atoms with Crippen LogP contribution in [0.4, 0.5) is 11.4 Å². The molecule has 3 aromatic rings. The molecular weight excluding hydrogens is 438 g/mol. The first-order valence-electron chi connectivity index (χ1n) is 11.4. The van der Waals surface area contributed by atoms with Crippen molar-refractivity contribution < 1.29 is 14.3 Å². The van der Waals surface area contributed by atoms with Crippen molar-refractivity contribution in [3.63, 3.8) is 0 Å². The maximum atomic E-state index is 13.0. The van der Waals surface area contributed by atoms with E-state index in [1.54, 1.807) is 0 Å². The van der Waals surface area contributed by atoms with Crippen LogP contribution in [0.15, 0.2) is 30.3 Å². The number of aromatic nitrogens is 1. The Labute approximate surface area is 196 Å². The monoisotopic (exact) mass is 465 g/mol. The summed E-state index contributed by atoms with van der Waals surface area (Å²) in [5, 5.41) is 7.41. The van der Waals surface area contributed by atoms with Crippen LogP contribution in [-0.4, -0.2) is 61.9 Å². The lowest BCUT2D eigenvalue weighted by Gasteiger charge is -2.38. The van der Waals surface area contributed by atoms with E-state index in [2.05, 4.69) is 38.7 Å². The minimum absolute atomic E-state index is 0.109. The van der Waals surface area contributed by atoms with Gasteiger partial charge in [0, 0.05) is 42.5 Å². The number of hydrogen-bond acceptors (Lipinski definition) is 8. The minimum Gasteiger partial charge on any atom is -0.491 e. The molecule has 6 heterocycles. The predicted octanol–water partition coefficient (Wildman–Crippen LogP) is 2.10. The number of carbonyl (C=O) groups excluding carboxylic acids is 1. The molecule has 2 aromatic heterocycles. The fraction of sp³-hybridized carbons (Fsp3) is 0.417. The summed E-state index contributed by atoms with van der Waals surface area (Å²) in [7, 11) is 0. The molecule has 0 aliphatic carbocycles. The fourth-order valence-corrected chi connectivity index (χ4v) is 5.96. The smallest absolute Gasteiger partial charge is 0.263 e. The zero-order valence-corrected chi connectivity index (χ0v) is 19.3. The number of nitrogens with zero attached hydrogens (tertiary/aromatic N) is 2. The highest BCUT2D eigenvalue weighted by molar-refractivity contribution is 7.21. The molecule has 1 amide bonds. The molecule has 1 aromatic carbocycles. The summed E-state index contributed by atoms with van der Waals surface area (Å²) in [6.07, 6.45) is 0.945. The van der Waals surface area contributed by atoms with Crippen molar-refractivity contribution in [2.75, 3.05) is 43.5 Å². The van der Waals surface area contributed by atoms with Gasteiger partial charge >= 0.3 is 0 Å². The molecule has 172 valence electrons. The topological polar surface area (TPSA) is 102 Å². The van der Waals surface area contributed by atoms with Crippen LogP contribution >= 0.6 is 11.3 Å². The van der Waals surface area contributed by atoms with E-state index < -0.39 is 0 Å². The number of carbonyl (C=O) groups is 1. The van der Waals surface area contributed by atoms with Gasteiger partial charge in [0.25, 0.3) is 5.91 Å². The largest absolute Gasteiger partial charge is 0.491 e. The van der Waals surface area contributed by atoms with E-state index in [1.807, 2.05) is 19.1 Å². The molecule has 0 saturated carbocycles. The van der Waals surface area contributed by atoms with Crippen molar-refractivity contribution in [1.82, 2.24) is 15.6 Å². The number of nitrogen functional groups attached to an aromatic ring is 1. The van der Waals surface area contributed by atoms with Gasteiger partial charge < -0.3 is 30.7 Å². The van der Waals surface area contributed by atoms with Gasteiger partial charge in [0.2, 0.25) is 0 Å². The second kappa shape index (κ2) is 8.16. The Kier molecular flexibility index (Phi) is 5.12. The average Bonchev–Trinajstić information content (AvgIpc) is 2.98. The number of hydrogen-bond donors (Lipinski definition) is 3. The first-order valence-corrected chi connectivity index (χ1v) is 12.2. The zero-order chi connectivity index (χ0) is 22.5. The summed E-state index contributed by atoms with van der Waals surface area (Å²) < 4.78 is 12.0. The van der Waals surface area contributed by atoms with Crippen molar-refractivity contribution >= 4 is 38.8 Å². The van der Waals surface area contributed by atoms with E-state index in [1.165, 1.54) is 17.0 Å². The predicted molar refractivity (Wildman–Crippen MR) is 129 cm³/mol. The minimum atomic E-state index is -0.171. The van der Waals surface area contributed by atoms with E-state index in [-0.39, 0.29) is 18.1 Å². The number of thiophene rings is 1. The lowest BCUT2D eigenvalue weighted by molar-refractivity contribution is 0.0391. The molecule has 9 heteroatoms. The highest BCUT2D eigenvalue weighted by Gasteiger charge is 2.33. The SMILES string of the molecule is Cc1ccc2c(N)c(C(=O)N[C@H]3COc4cc(N5CC6CNCC5CO6)ccc4C3)sc2n1. The van der Waals surface area contributed by atoms with Gasteiger partial charge in [0.1, 0.15) is 22.1 Å². The third kappa shape index (κ3) is 3.80. The standard InChI is InChI=1S/C24H27N5O3S/c1-13-2-5-19-21(25)22(33-24(19)27-13)23(30)28-15-6-14-3-4-16(7-20(14)32-11-15)29-10-18-9-26-8-17(29)12-31-18/h2-5,7,15,17-18,26H,6,8-12,25H2,1H3,(H,28,30)/t15-,17?,18?/m1/s1. The molecule has 3 saturated heterocycles. The Morgan fingerprint density at radius 3 is 3.09 bits per heavy atom. The Bertz CT molecular complexity index is 1220. The number of ether oxygens (including phenoxy) is 2. The average molecular weight is 466 g/mol. The molecule has 4 aliphatic rings. The number of nitrogens with one attached hydrogen (secondary N) is 2. The third-order valence-electron chi connectivity index (χ3n) is 6.68. The highest BCUT2D eigenvalue weighted by Crippen LogP contribution is 2.34. The molecule has 0 radical (unpaired) electrons. The van der Waals surface area contributed by atoms with Crippen LogP contribution in [0.5, 0.6) is 5.75 Å². The number of nitrogens with two attached hydrogens (primary N) is 1. The summed E-state index contributed by atoms with van der Waals surface area (Å²) in [4.78, 5) is 21.2. The van der Waals surface area contributed by atoms with Crippen molar-refractivity contribution in [3.8, 4) is 5.75 Å². The first-order chi connectivity index (χ1) is 16.0. The summed E-state index contributed by atoms with van der Waals surface area (Å²) in [5.41, 5.74) is 9.92. The number of benzene rings is 1. The van der Waals surface area contributed by atoms with Gasteiger partial charge in [-0.25, -0.2) is 4.98 Å². The first kappa shape index (κ1) is 20.7. The van der Waals surface area contributed by atoms with E-state index in [9.17, 15) is 4.79 Å². The molecular formula is C24H27N5O3S. The molecule has 2 unspecified atom stereocenters. The van der Waals surface area contributed by atoms with Crippen LogP contribution in [0.1, 0.15) is 20.9 Å². The molecule has 33 heavy (non-hydrogen) atoms. The summed E-state index contributed by atoms with van der Waals surface area (Å²) in [6.45, 7) is 5.83. The van der Waals surface area contributed by atoms with Crippen LogP contribution in [-0.2, 0) is 11.2 Å². The van der Waals surface area contributed by atoms with Gasteiger partial charge in [0.05, 0.1) is 30.5 Å². The maximum Gasteiger partial charge on any atom is 0.263 e. The van der Waals surface area contributed by atoms with Crippen LogP contribution in [0, 0.1) is 6.92 Å². The molecule has 3 fully saturated rings. The second-order valence-corrected chi connectivity index (χ2v) is 10.0. The normalized spacial score (nSPS) is 24.3. The third-order valence-corrected chi connectivity index (χ3v) is 7.79. The summed E-state index contributed by atoms with van der Waals surface area (Å²) in [6, 6.07) is 10.5. The van der Waals surface area contributed by atoms with Crippen molar-refractivity contribution in [2.45, 2.75) is 31.5 Å².